The molecule has 7 heteroatoms. The van der Waals surface area contributed by atoms with Crippen LogP contribution in [-0.2, 0) is 4.74 Å². The van der Waals surface area contributed by atoms with Gasteiger partial charge in [-0.05, 0) is 18.1 Å². The van der Waals surface area contributed by atoms with Crippen molar-refractivity contribution in [3.05, 3.63) is 35.2 Å². The van der Waals surface area contributed by atoms with Crippen LogP contribution in [0.5, 0.6) is 0 Å². The van der Waals surface area contributed by atoms with Gasteiger partial charge < -0.3 is 14.5 Å². The van der Waals surface area contributed by atoms with Gasteiger partial charge in [0.2, 0.25) is 0 Å². The molecule has 1 N–H and O–H groups in total. The number of fused-ring (bicyclic) bond motifs is 1. The number of nitrogens with one attached hydrogen (secondary N) is 1. The highest BCUT2D eigenvalue weighted by molar-refractivity contribution is 6.30. The molecule has 2 aromatic rings. The molecule has 0 radical (unpaired) electrons. The average Bonchev–Trinajstić information content (AvgIpc) is 2.98. The number of hydrogen-bond acceptors (Lipinski definition) is 4. The fourth-order valence-electron chi connectivity index (χ4n) is 3.06. The Labute approximate surface area is 146 Å². The van der Waals surface area contributed by atoms with Crippen LogP contribution in [0, 0.1) is 5.92 Å². The fourth-order valence-corrected chi connectivity index (χ4v) is 3.23. The summed E-state index contributed by atoms with van der Waals surface area (Å²) in [6.45, 7) is 8.29. The van der Waals surface area contributed by atoms with Gasteiger partial charge >= 0.3 is 0 Å². The maximum absolute atomic E-state index is 12.4. The van der Waals surface area contributed by atoms with Crippen LogP contribution in [0.4, 0.5) is 0 Å². The van der Waals surface area contributed by atoms with E-state index in [0.29, 0.717) is 34.9 Å². The Morgan fingerprint density at radius 1 is 1.33 bits per heavy atom. The summed E-state index contributed by atoms with van der Waals surface area (Å²) < 4.78 is 7.18. The number of aromatic nitrogens is 2. The van der Waals surface area contributed by atoms with Crippen molar-refractivity contribution in [3.8, 4) is 0 Å². The van der Waals surface area contributed by atoms with Gasteiger partial charge in [-0.1, -0.05) is 25.4 Å². The zero-order valence-corrected chi connectivity index (χ0v) is 14.8. The molecule has 3 rings (SSSR count). The van der Waals surface area contributed by atoms with Gasteiger partial charge in [0.05, 0.1) is 18.2 Å². The largest absolute Gasteiger partial charge is 0.379 e. The van der Waals surface area contributed by atoms with Gasteiger partial charge in [-0.15, -0.1) is 0 Å². The lowest BCUT2D eigenvalue weighted by Crippen LogP contribution is -2.51. The number of carbonyl (C=O) groups is 1. The Hall–Kier alpha value is -1.63. The van der Waals surface area contributed by atoms with Gasteiger partial charge in [-0.25, -0.2) is 4.98 Å². The molecule has 0 spiro atoms. The van der Waals surface area contributed by atoms with Crippen molar-refractivity contribution in [2.75, 3.05) is 32.8 Å². The van der Waals surface area contributed by atoms with E-state index >= 15 is 0 Å². The monoisotopic (exact) mass is 350 g/mol. The minimum Gasteiger partial charge on any atom is -0.379 e. The van der Waals surface area contributed by atoms with Crippen LogP contribution in [0.15, 0.2) is 24.5 Å². The number of hydrogen-bond donors (Lipinski definition) is 1. The fraction of sp³-hybridized carbons (Fsp3) is 0.529. The zero-order valence-electron chi connectivity index (χ0n) is 14.0. The first-order valence-electron chi connectivity index (χ1n) is 8.29. The molecule has 6 nitrogen and oxygen atoms in total. The second kappa shape index (κ2) is 7.51. The lowest BCUT2D eigenvalue weighted by atomic mass is 10.0. The first kappa shape index (κ1) is 17.2. The Morgan fingerprint density at radius 2 is 2.08 bits per heavy atom. The van der Waals surface area contributed by atoms with Crippen LogP contribution in [-0.4, -0.2) is 59.1 Å². The molecule has 0 unspecified atom stereocenters. The SMILES string of the molecule is CC(C)[C@H](CNC(=O)c1cn2cc(Cl)ccc2n1)N1CCOCC1. The molecule has 1 amide bonds. The predicted octanol–water partition coefficient (Wildman–Crippen LogP) is 2.07. The van der Waals surface area contributed by atoms with Gasteiger partial charge in [0.1, 0.15) is 11.3 Å². The summed E-state index contributed by atoms with van der Waals surface area (Å²) in [5.41, 5.74) is 1.11. The van der Waals surface area contributed by atoms with Crippen LogP contribution in [0.1, 0.15) is 24.3 Å². The number of halogens is 1. The standard InChI is InChI=1S/C17H23ClN4O2/c1-12(2)15(21-5-7-24-8-6-21)9-19-17(23)14-11-22-10-13(18)3-4-16(22)20-14/h3-4,10-12,15H,5-9H2,1-2H3,(H,19,23)/t15-/m0/s1. The molecule has 3 heterocycles. The first-order valence-corrected chi connectivity index (χ1v) is 8.66. The minimum absolute atomic E-state index is 0.159. The minimum atomic E-state index is -0.159. The molecule has 1 aliphatic heterocycles. The van der Waals surface area contributed by atoms with Crippen molar-refractivity contribution in [1.82, 2.24) is 19.6 Å². The Bertz CT molecular complexity index is 710. The molecule has 0 aliphatic carbocycles. The summed E-state index contributed by atoms with van der Waals surface area (Å²) in [4.78, 5) is 19.2. The summed E-state index contributed by atoms with van der Waals surface area (Å²) in [6.07, 6.45) is 3.45. The Morgan fingerprint density at radius 3 is 2.79 bits per heavy atom. The smallest absolute Gasteiger partial charge is 0.271 e. The number of morpholine rings is 1. The molecule has 2 aromatic heterocycles. The summed E-state index contributed by atoms with van der Waals surface area (Å²) >= 11 is 5.97. The van der Waals surface area contributed by atoms with Gasteiger partial charge in [0.15, 0.2) is 0 Å². The van der Waals surface area contributed by atoms with E-state index in [2.05, 4.69) is 29.0 Å². The molecule has 1 aliphatic rings. The summed E-state index contributed by atoms with van der Waals surface area (Å²) in [7, 11) is 0. The topological polar surface area (TPSA) is 58.9 Å². The van der Waals surface area contributed by atoms with Crippen molar-refractivity contribution in [2.45, 2.75) is 19.9 Å². The Balaban J connectivity index is 1.65. The van der Waals surface area contributed by atoms with Gasteiger partial charge in [0.25, 0.3) is 5.91 Å². The highest BCUT2D eigenvalue weighted by atomic mass is 35.5. The molecular formula is C17H23ClN4O2. The second-order valence-electron chi connectivity index (χ2n) is 6.41. The van der Waals surface area contributed by atoms with E-state index in [1.54, 1.807) is 28.9 Å². The van der Waals surface area contributed by atoms with E-state index in [9.17, 15) is 4.79 Å². The van der Waals surface area contributed by atoms with Gasteiger partial charge in [0, 0.05) is 38.1 Å². The number of pyridine rings is 1. The van der Waals surface area contributed by atoms with E-state index in [0.717, 1.165) is 26.3 Å². The van der Waals surface area contributed by atoms with E-state index in [4.69, 9.17) is 16.3 Å². The first-order chi connectivity index (χ1) is 11.5. The lowest BCUT2D eigenvalue weighted by Gasteiger charge is -2.36. The van der Waals surface area contributed by atoms with E-state index in [1.165, 1.54) is 0 Å². The highest BCUT2D eigenvalue weighted by Gasteiger charge is 2.24. The molecule has 0 saturated carbocycles. The molecule has 1 atom stereocenters. The van der Waals surface area contributed by atoms with Crippen LogP contribution in [0.25, 0.3) is 5.65 Å². The molecule has 24 heavy (non-hydrogen) atoms. The number of rotatable bonds is 5. The van der Waals surface area contributed by atoms with E-state index in [-0.39, 0.29) is 5.91 Å². The van der Waals surface area contributed by atoms with Crippen molar-refractivity contribution in [1.29, 1.82) is 0 Å². The molecule has 0 aromatic carbocycles. The molecular weight excluding hydrogens is 328 g/mol. The number of amides is 1. The molecule has 0 bridgehead atoms. The molecule has 1 saturated heterocycles. The highest BCUT2D eigenvalue weighted by Crippen LogP contribution is 2.14. The average molecular weight is 351 g/mol. The van der Waals surface area contributed by atoms with E-state index < -0.39 is 0 Å². The third kappa shape index (κ3) is 3.88. The number of carbonyl (C=O) groups excluding carboxylic acids is 1. The third-order valence-corrected chi connectivity index (χ3v) is 4.63. The van der Waals surface area contributed by atoms with Crippen LogP contribution in [0.2, 0.25) is 5.02 Å². The molecule has 130 valence electrons. The van der Waals surface area contributed by atoms with Crippen molar-refractivity contribution in [3.63, 3.8) is 0 Å². The maximum atomic E-state index is 12.4. The third-order valence-electron chi connectivity index (χ3n) is 4.40. The normalized spacial score (nSPS) is 17.3. The van der Waals surface area contributed by atoms with Gasteiger partial charge in [-0.2, -0.15) is 0 Å². The van der Waals surface area contributed by atoms with Crippen LogP contribution >= 0.6 is 11.6 Å². The van der Waals surface area contributed by atoms with Crippen LogP contribution < -0.4 is 5.32 Å². The second-order valence-corrected chi connectivity index (χ2v) is 6.85. The van der Waals surface area contributed by atoms with Gasteiger partial charge in [-0.3, -0.25) is 9.69 Å². The Kier molecular flexibility index (Phi) is 5.38. The van der Waals surface area contributed by atoms with Crippen molar-refractivity contribution >= 4 is 23.2 Å². The van der Waals surface area contributed by atoms with Crippen molar-refractivity contribution < 1.29 is 9.53 Å². The quantitative estimate of drug-likeness (QED) is 0.897. The predicted molar refractivity (Wildman–Crippen MR) is 93.6 cm³/mol. The summed E-state index contributed by atoms with van der Waals surface area (Å²) in [6, 6.07) is 3.85. The number of nitrogens with zero attached hydrogens (tertiary/aromatic N) is 3. The number of ether oxygens (including phenoxy) is 1. The lowest BCUT2D eigenvalue weighted by molar-refractivity contribution is 0.00671. The van der Waals surface area contributed by atoms with Crippen molar-refractivity contribution in [2.24, 2.45) is 5.92 Å². The summed E-state index contributed by atoms with van der Waals surface area (Å²) in [5, 5.41) is 3.63. The number of imidazole rings is 1. The van der Waals surface area contributed by atoms with E-state index in [1.807, 2.05) is 0 Å². The maximum Gasteiger partial charge on any atom is 0.271 e. The zero-order chi connectivity index (χ0) is 17.1. The van der Waals surface area contributed by atoms with Crippen LogP contribution in [0.3, 0.4) is 0 Å². The summed E-state index contributed by atoms with van der Waals surface area (Å²) in [5.74, 6) is 0.289. The molecule has 1 fully saturated rings.